The molecule has 2 rings (SSSR count). The molecule has 17 heavy (non-hydrogen) atoms. The van der Waals surface area contributed by atoms with Gasteiger partial charge in [-0.25, -0.2) is 4.79 Å². The standard InChI is InChI=1S/C13H10BrNO2/c1-3-6-15-11-5-4-9(14)7-10(11)8(2)12(15)13(16)17/h1,4-5,7H,6H2,2H3,(H,16,17). The molecule has 0 aliphatic carbocycles. The van der Waals surface area contributed by atoms with Crippen LogP contribution < -0.4 is 0 Å². The number of carboxylic acid groups (broad SMARTS) is 1. The van der Waals surface area contributed by atoms with E-state index in [2.05, 4.69) is 21.9 Å². The summed E-state index contributed by atoms with van der Waals surface area (Å²) in [5, 5.41) is 10.2. The molecular formula is C13H10BrNO2. The Bertz CT molecular complexity index is 649. The number of carbonyl (C=O) groups is 1. The van der Waals surface area contributed by atoms with Gasteiger partial charge < -0.3 is 9.67 Å². The van der Waals surface area contributed by atoms with E-state index in [4.69, 9.17) is 6.42 Å². The van der Waals surface area contributed by atoms with Gasteiger partial charge in [-0.1, -0.05) is 21.9 Å². The lowest BCUT2D eigenvalue weighted by molar-refractivity contribution is 0.0685. The number of rotatable bonds is 2. The first-order chi connectivity index (χ1) is 8.06. The number of terminal acetylenes is 1. The van der Waals surface area contributed by atoms with E-state index in [-0.39, 0.29) is 12.2 Å². The number of halogens is 1. The minimum atomic E-state index is -0.954. The quantitative estimate of drug-likeness (QED) is 0.864. The number of aromatic nitrogens is 1. The molecule has 1 aromatic carbocycles. The lowest BCUT2D eigenvalue weighted by Gasteiger charge is -2.03. The van der Waals surface area contributed by atoms with E-state index >= 15 is 0 Å². The molecule has 1 N–H and O–H groups in total. The topological polar surface area (TPSA) is 42.2 Å². The van der Waals surface area contributed by atoms with Crippen LogP contribution in [0.3, 0.4) is 0 Å². The summed E-state index contributed by atoms with van der Waals surface area (Å²) in [5.74, 6) is 1.53. The Balaban J connectivity index is 2.88. The molecule has 0 fully saturated rings. The minimum absolute atomic E-state index is 0.258. The van der Waals surface area contributed by atoms with E-state index in [9.17, 15) is 9.90 Å². The van der Waals surface area contributed by atoms with Crippen LogP contribution in [-0.2, 0) is 6.54 Å². The molecular weight excluding hydrogens is 282 g/mol. The largest absolute Gasteiger partial charge is 0.477 e. The van der Waals surface area contributed by atoms with E-state index in [1.54, 1.807) is 11.5 Å². The van der Waals surface area contributed by atoms with Gasteiger partial charge in [0, 0.05) is 15.4 Å². The van der Waals surface area contributed by atoms with Crippen molar-refractivity contribution < 1.29 is 9.90 Å². The average molecular weight is 292 g/mol. The monoisotopic (exact) mass is 291 g/mol. The maximum atomic E-state index is 11.3. The SMILES string of the molecule is C#CCn1c(C(=O)O)c(C)c2cc(Br)ccc21. The highest BCUT2D eigenvalue weighted by Crippen LogP contribution is 2.28. The number of aryl methyl sites for hydroxylation is 1. The molecule has 0 spiro atoms. The van der Waals surface area contributed by atoms with Crippen molar-refractivity contribution in [2.45, 2.75) is 13.5 Å². The van der Waals surface area contributed by atoms with Gasteiger partial charge in [0.15, 0.2) is 0 Å². The van der Waals surface area contributed by atoms with Crippen molar-refractivity contribution in [2.75, 3.05) is 0 Å². The summed E-state index contributed by atoms with van der Waals surface area (Å²) in [6, 6.07) is 5.65. The van der Waals surface area contributed by atoms with Crippen LogP contribution in [0.1, 0.15) is 16.1 Å². The lowest BCUT2D eigenvalue weighted by atomic mass is 10.1. The molecule has 2 aromatic rings. The molecule has 0 radical (unpaired) electrons. The van der Waals surface area contributed by atoms with Crippen LogP contribution in [0, 0.1) is 19.3 Å². The molecule has 86 valence electrons. The molecule has 1 heterocycles. The van der Waals surface area contributed by atoms with Crippen LogP contribution in [0.25, 0.3) is 10.9 Å². The summed E-state index contributed by atoms with van der Waals surface area (Å²) in [7, 11) is 0. The molecule has 4 heteroatoms. The van der Waals surface area contributed by atoms with Gasteiger partial charge in [0.1, 0.15) is 5.69 Å². The molecule has 0 atom stereocenters. The van der Waals surface area contributed by atoms with Gasteiger partial charge in [0.2, 0.25) is 0 Å². The predicted octanol–water partition coefficient (Wildman–Crippen LogP) is 3.04. The number of nitrogens with zero attached hydrogens (tertiary/aromatic N) is 1. The molecule has 0 aliphatic heterocycles. The summed E-state index contributed by atoms with van der Waals surface area (Å²) in [5.41, 5.74) is 1.85. The summed E-state index contributed by atoms with van der Waals surface area (Å²) in [6.07, 6.45) is 5.29. The van der Waals surface area contributed by atoms with Crippen LogP contribution in [-0.4, -0.2) is 15.6 Å². The Kier molecular flexibility index (Phi) is 2.95. The summed E-state index contributed by atoms with van der Waals surface area (Å²) >= 11 is 3.38. The Hall–Kier alpha value is -1.73. The predicted molar refractivity (Wildman–Crippen MR) is 70.2 cm³/mol. The van der Waals surface area contributed by atoms with Crippen molar-refractivity contribution >= 4 is 32.8 Å². The highest BCUT2D eigenvalue weighted by Gasteiger charge is 2.18. The Morgan fingerprint density at radius 1 is 1.59 bits per heavy atom. The molecule has 3 nitrogen and oxygen atoms in total. The molecule has 0 saturated heterocycles. The second-order valence-corrected chi connectivity index (χ2v) is 4.65. The number of fused-ring (bicyclic) bond motifs is 1. The summed E-state index contributed by atoms with van der Waals surface area (Å²) in [6.45, 7) is 2.05. The Morgan fingerprint density at radius 2 is 2.29 bits per heavy atom. The van der Waals surface area contributed by atoms with Crippen LogP contribution >= 0.6 is 15.9 Å². The highest BCUT2D eigenvalue weighted by molar-refractivity contribution is 9.10. The van der Waals surface area contributed by atoms with Crippen LogP contribution in [0.5, 0.6) is 0 Å². The minimum Gasteiger partial charge on any atom is -0.477 e. The molecule has 1 aromatic heterocycles. The van der Waals surface area contributed by atoms with Crippen molar-refractivity contribution in [1.29, 1.82) is 0 Å². The third-order valence-corrected chi connectivity index (χ3v) is 3.22. The van der Waals surface area contributed by atoms with Crippen molar-refractivity contribution in [3.05, 3.63) is 33.9 Å². The summed E-state index contributed by atoms with van der Waals surface area (Å²) in [4.78, 5) is 11.3. The van der Waals surface area contributed by atoms with Gasteiger partial charge >= 0.3 is 5.97 Å². The number of aromatic carboxylic acids is 1. The van der Waals surface area contributed by atoms with Crippen LogP contribution in [0.4, 0.5) is 0 Å². The first-order valence-corrected chi connectivity index (χ1v) is 5.80. The fourth-order valence-electron chi connectivity index (χ4n) is 2.03. The fraction of sp³-hybridized carbons (Fsp3) is 0.154. The number of carboxylic acids is 1. The average Bonchev–Trinajstić information content (AvgIpc) is 2.53. The fourth-order valence-corrected chi connectivity index (χ4v) is 2.39. The third-order valence-electron chi connectivity index (χ3n) is 2.73. The van der Waals surface area contributed by atoms with E-state index < -0.39 is 5.97 Å². The molecule has 0 amide bonds. The molecule has 0 unspecified atom stereocenters. The first kappa shape index (κ1) is 11.7. The zero-order valence-corrected chi connectivity index (χ0v) is 10.8. The molecule has 0 saturated carbocycles. The maximum absolute atomic E-state index is 11.3. The normalized spacial score (nSPS) is 10.4. The van der Waals surface area contributed by atoms with E-state index in [0.29, 0.717) is 0 Å². The van der Waals surface area contributed by atoms with Crippen LogP contribution in [0.15, 0.2) is 22.7 Å². The van der Waals surface area contributed by atoms with Gasteiger partial charge in [-0.15, -0.1) is 6.42 Å². The second-order valence-electron chi connectivity index (χ2n) is 3.73. The third kappa shape index (κ3) is 1.83. The zero-order valence-electron chi connectivity index (χ0n) is 9.20. The van der Waals surface area contributed by atoms with Gasteiger partial charge in [-0.3, -0.25) is 0 Å². The number of hydrogen-bond acceptors (Lipinski definition) is 1. The Morgan fingerprint density at radius 3 is 2.88 bits per heavy atom. The van der Waals surface area contributed by atoms with Crippen molar-refractivity contribution in [3.8, 4) is 12.3 Å². The van der Waals surface area contributed by atoms with E-state index in [0.717, 1.165) is 20.9 Å². The zero-order chi connectivity index (χ0) is 12.6. The molecule has 0 aliphatic rings. The van der Waals surface area contributed by atoms with E-state index in [1.165, 1.54) is 0 Å². The lowest BCUT2D eigenvalue weighted by Crippen LogP contribution is -2.08. The highest BCUT2D eigenvalue weighted by atomic mass is 79.9. The first-order valence-electron chi connectivity index (χ1n) is 5.01. The molecule has 0 bridgehead atoms. The number of hydrogen-bond donors (Lipinski definition) is 1. The van der Waals surface area contributed by atoms with Gasteiger partial charge in [0.05, 0.1) is 6.54 Å². The van der Waals surface area contributed by atoms with Crippen molar-refractivity contribution in [2.24, 2.45) is 0 Å². The smallest absolute Gasteiger partial charge is 0.352 e. The number of benzene rings is 1. The van der Waals surface area contributed by atoms with Crippen molar-refractivity contribution in [1.82, 2.24) is 4.57 Å². The van der Waals surface area contributed by atoms with Crippen molar-refractivity contribution in [3.63, 3.8) is 0 Å². The van der Waals surface area contributed by atoms with Gasteiger partial charge in [-0.2, -0.15) is 0 Å². The Labute approximate surface area is 107 Å². The van der Waals surface area contributed by atoms with Gasteiger partial charge in [-0.05, 0) is 30.7 Å². The second kappa shape index (κ2) is 4.27. The van der Waals surface area contributed by atoms with E-state index in [1.807, 2.05) is 18.2 Å². The van der Waals surface area contributed by atoms with Gasteiger partial charge in [0.25, 0.3) is 0 Å². The van der Waals surface area contributed by atoms with Crippen LogP contribution in [0.2, 0.25) is 0 Å². The summed E-state index contributed by atoms with van der Waals surface area (Å²) < 4.78 is 2.57. The maximum Gasteiger partial charge on any atom is 0.352 e.